The third-order valence-electron chi connectivity index (χ3n) is 9.32. The number of carbonyl (C=O) groups excluding carboxylic acids is 4. The van der Waals surface area contributed by atoms with Crippen molar-refractivity contribution in [2.45, 2.75) is 102 Å². The monoisotopic (exact) mass is 667 g/mol. The van der Waals surface area contributed by atoms with Crippen LogP contribution in [0, 0.1) is 5.92 Å². The van der Waals surface area contributed by atoms with E-state index < -0.39 is 47.6 Å². The molecule has 5 rings (SSSR count). The van der Waals surface area contributed by atoms with Gasteiger partial charge in [0.05, 0.1) is 0 Å². The SMILES string of the molecule is CC(C)(C)OC(=O)N[C@H](C(=O)N1CCC[C@H]1C(=O)N[C@H](C(=O)OCc1ccccc1)C(c1ccccc1)c1ccccc1)C1CCCCC1. The lowest BCUT2D eigenvalue weighted by Gasteiger charge is -2.35. The second kappa shape index (κ2) is 16.6. The van der Waals surface area contributed by atoms with Gasteiger partial charge < -0.3 is 25.0 Å². The summed E-state index contributed by atoms with van der Waals surface area (Å²) in [6.07, 6.45) is 5.07. The first-order valence-corrected chi connectivity index (χ1v) is 17.5. The van der Waals surface area contributed by atoms with Crippen molar-refractivity contribution in [1.29, 1.82) is 0 Å². The van der Waals surface area contributed by atoms with Crippen LogP contribution in [0.25, 0.3) is 0 Å². The van der Waals surface area contributed by atoms with E-state index in [0.29, 0.717) is 19.4 Å². The Labute approximate surface area is 289 Å². The second-order valence-electron chi connectivity index (χ2n) is 14.1. The number of amides is 3. The fourth-order valence-electron chi connectivity index (χ4n) is 7.01. The van der Waals surface area contributed by atoms with E-state index in [2.05, 4.69) is 10.6 Å². The summed E-state index contributed by atoms with van der Waals surface area (Å²) >= 11 is 0. The molecule has 2 fully saturated rings. The number of alkyl carbamates (subject to hydrolysis) is 1. The number of hydrogen-bond acceptors (Lipinski definition) is 6. The van der Waals surface area contributed by atoms with Crippen molar-refractivity contribution >= 4 is 23.9 Å². The highest BCUT2D eigenvalue weighted by Crippen LogP contribution is 2.32. The van der Waals surface area contributed by atoms with Crippen LogP contribution in [-0.2, 0) is 30.5 Å². The van der Waals surface area contributed by atoms with E-state index in [0.717, 1.165) is 48.8 Å². The minimum atomic E-state index is -1.08. The van der Waals surface area contributed by atoms with E-state index >= 15 is 0 Å². The second-order valence-corrected chi connectivity index (χ2v) is 14.1. The molecule has 0 radical (unpaired) electrons. The Bertz CT molecular complexity index is 1500. The van der Waals surface area contributed by atoms with Crippen molar-refractivity contribution in [3.05, 3.63) is 108 Å². The number of esters is 1. The van der Waals surface area contributed by atoms with Gasteiger partial charge in [-0.2, -0.15) is 0 Å². The number of nitrogens with zero attached hydrogens (tertiary/aromatic N) is 1. The molecule has 0 spiro atoms. The molecule has 1 aliphatic heterocycles. The highest BCUT2D eigenvalue weighted by Gasteiger charge is 2.43. The molecule has 2 aliphatic rings. The topological polar surface area (TPSA) is 114 Å². The summed E-state index contributed by atoms with van der Waals surface area (Å²) in [6.45, 7) is 5.77. The summed E-state index contributed by atoms with van der Waals surface area (Å²) in [6, 6.07) is 25.9. The summed E-state index contributed by atoms with van der Waals surface area (Å²) < 4.78 is 11.4. The molecule has 3 aromatic rings. The Hall–Kier alpha value is -4.66. The minimum absolute atomic E-state index is 0.0514. The number of nitrogens with one attached hydrogen (secondary N) is 2. The molecule has 9 nitrogen and oxygen atoms in total. The highest BCUT2D eigenvalue weighted by atomic mass is 16.6. The molecular weight excluding hydrogens is 618 g/mol. The zero-order chi connectivity index (χ0) is 34.8. The van der Waals surface area contributed by atoms with Crippen molar-refractivity contribution in [2.24, 2.45) is 5.92 Å². The smallest absolute Gasteiger partial charge is 0.408 e. The van der Waals surface area contributed by atoms with Gasteiger partial charge in [-0.15, -0.1) is 0 Å². The van der Waals surface area contributed by atoms with Crippen molar-refractivity contribution in [1.82, 2.24) is 15.5 Å². The molecule has 1 saturated carbocycles. The Kier molecular flexibility index (Phi) is 12.1. The summed E-state index contributed by atoms with van der Waals surface area (Å²) in [5.74, 6) is -1.90. The van der Waals surface area contributed by atoms with E-state index in [4.69, 9.17) is 9.47 Å². The van der Waals surface area contributed by atoms with Gasteiger partial charge in [0.25, 0.3) is 0 Å². The molecule has 1 aliphatic carbocycles. The maximum absolute atomic E-state index is 14.3. The van der Waals surface area contributed by atoms with Crippen LogP contribution in [0.3, 0.4) is 0 Å². The predicted octanol–water partition coefficient (Wildman–Crippen LogP) is 6.51. The van der Waals surface area contributed by atoms with Gasteiger partial charge in [-0.25, -0.2) is 9.59 Å². The van der Waals surface area contributed by atoms with E-state index in [1.54, 1.807) is 25.7 Å². The average molecular weight is 668 g/mol. The van der Waals surface area contributed by atoms with Crippen LogP contribution in [0.15, 0.2) is 91.0 Å². The molecule has 0 aromatic heterocycles. The highest BCUT2D eigenvalue weighted by molar-refractivity contribution is 5.94. The van der Waals surface area contributed by atoms with Gasteiger partial charge in [-0.3, -0.25) is 9.59 Å². The summed E-state index contributed by atoms with van der Waals surface area (Å²) in [5, 5.41) is 5.92. The lowest BCUT2D eigenvalue weighted by atomic mass is 9.83. The van der Waals surface area contributed by atoms with Gasteiger partial charge in [0.2, 0.25) is 11.8 Å². The van der Waals surface area contributed by atoms with Gasteiger partial charge >= 0.3 is 12.1 Å². The molecule has 3 aromatic carbocycles. The molecule has 3 amide bonds. The molecule has 0 unspecified atom stereocenters. The molecule has 1 heterocycles. The van der Waals surface area contributed by atoms with Crippen LogP contribution in [0.5, 0.6) is 0 Å². The van der Waals surface area contributed by atoms with Crippen LogP contribution < -0.4 is 10.6 Å². The molecule has 0 bridgehead atoms. The van der Waals surface area contributed by atoms with Gasteiger partial charge in [0.15, 0.2) is 0 Å². The van der Waals surface area contributed by atoms with Crippen LogP contribution in [0.1, 0.15) is 88.3 Å². The Morgan fingerprint density at radius 2 is 1.33 bits per heavy atom. The number of rotatable bonds is 11. The van der Waals surface area contributed by atoms with Crippen LogP contribution >= 0.6 is 0 Å². The number of carbonyl (C=O) groups is 4. The zero-order valence-corrected chi connectivity index (χ0v) is 28.8. The van der Waals surface area contributed by atoms with Crippen LogP contribution in [-0.4, -0.2) is 59.0 Å². The lowest BCUT2D eigenvalue weighted by molar-refractivity contribution is -0.150. The van der Waals surface area contributed by atoms with E-state index in [1.807, 2.05) is 91.0 Å². The van der Waals surface area contributed by atoms with E-state index in [1.165, 1.54) is 0 Å². The maximum atomic E-state index is 14.3. The zero-order valence-electron chi connectivity index (χ0n) is 28.8. The Balaban J connectivity index is 1.42. The van der Waals surface area contributed by atoms with Crippen LogP contribution in [0.4, 0.5) is 4.79 Å². The fourth-order valence-corrected chi connectivity index (χ4v) is 7.01. The third-order valence-corrected chi connectivity index (χ3v) is 9.32. The first-order valence-electron chi connectivity index (χ1n) is 17.5. The molecule has 260 valence electrons. The third kappa shape index (κ3) is 9.71. The largest absolute Gasteiger partial charge is 0.459 e. The molecule has 3 atom stereocenters. The molecule has 2 N–H and O–H groups in total. The Morgan fingerprint density at radius 1 is 0.755 bits per heavy atom. The normalized spacial score (nSPS) is 18.0. The van der Waals surface area contributed by atoms with Crippen molar-refractivity contribution in [3.8, 4) is 0 Å². The van der Waals surface area contributed by atoms with E-state index in [9.17, 15) is 19.2 Å². The number of ether oxygens (including phenoxy) is 2. The van der Waals surface area contributed by atoms with Crippen LogP contribution in [0.2, 0.25) is 0 Å². The lowest BCUT2D eigenvalue weighted by Crippen LogP contribution is -2.58. The van der Waals surface area contributed by atoms with Gasteiger partial charge in [-0.1, -0.05) is 110 Å². The van der Waals surface area contributed by atoms with Gasteiger partial charge in [0, 0.05) is 12.5 Å². The standard InChI is InChI=1S/C40H49N3O6/c1-40(2,3)49-39(47)42-34(31-23-14-7-15-24-31)37(45)43-26-16-25-32(43)36(44)41-35(38(46)48-27-28-17-8-4-9-18-28)33(29-19-10-5-11-20-29)30-21-12-6-13-22-30/h4-6,8-13,17-22,31-35H,7,14-16,23-27H2,1-3H3,(H,41,44)(H,42,47)/t32-,34-,35-/m0/s1. The summed E-state index contributed by atoms with van der Waals surface area (Å²) in [5.41, 5.74) is 1.79. The average Bonchev–Trinajstić information content (AvgIpc) is 3.60. The molecule has 1 saturated heterocycles. The molecule has 49 heavy (non-hydrogen) atoms. The van der Waals surface area contributed by atoms with Crippen molar-refractivity contribution in [3.63, 3.8) is 0 Å². The summed E-state index contributed by atoms with van der Waals surface area (Å²) in [7, 11) is 0. The molecular formula is C40H49N3O6. The number of benzene rings is 3. The summed E-state index contributed by atoms with van der Waals surface area (Å²) in [4.78, 5) is 57.2. The number of hydrogen-bond donors (Lipinski definition) is 2. The number of likely N-dealkylation sites (tertiary alicyclic amines) is 1. The molecule has 9 heteroatoms. The minimum Gasteiger partial charge on any atom is -0.459 e. The van der Waals surface area contributed by atoms with Crippen molar-refractivity contribution < 1.29 is 28.7 Å². The van der Waals surface area contributed by atoms with Gasteiger partial charge in [-0.05, 0) is 69.1 Å². The van der Waals surface area contributed by atoms with Crippen molar-refractivity contribution in [2.75, 3.05) is 6.54 Å². The van der Waals surface area contributed by atoms with E-state index in [-0.39, 0.29) is 18.4 Å². The maximum Gasteiger partial charge on any atom is 0.408 e. The Morgan fingerprint density at radius 3 is 1.90 bits per heavy atom. The van der Waals surface area contributed by atoms with Gasteiger partial charge in [0.1, 0.15) is 30.3 Å². The fraction of sp³-hybridized carbons (Fsp3) is 0.450. The predicted molar refractivity (Wildman–Crippen MR) is 187 cm³/mol. The quantitative estimate of drug-likeness (QED) is 0.226. The first kappa shape index (κ1) is 35.6. The first-order chi connectivity index (χ1) is 23.6.